The highest BCUT2D eigenvalue weighted by atomic mass is 16.5. The van der Waals surface area contributed by atoms with Gasteiger partial charge in [0.05, 0.1) is 17.9 Å². The molecule has 1 saturated carbocycles. The van der Waals surface area contributed by atoms with Crippen LogP contribution in [0.5, 0.6) is 11.6 Å². The van der Waals surface area contributed by atoms with E-state index < -0.39 is 0 Å². The quantitative estimate of drug-likeness (QED) is 0.514. The Balaban J connectivity index is 1.45. The molecule has 9 heteroatoms. The Kier molecular flexibility index (Phi) is 6.72. The zero-order valence-corrected chi connectivity index (χ0v) is 17.8. The van der Waals surface area contributed by atoms with Gasteiger partial charge in [0.25, 0.3) is 0 Å². The summed E-state index contributed by atoms with van der Waals surface area (Å²) in [7, 11) is 0. The smallest absolute Gasteiger partial charge is 0.227 e. The zero-order valence-electron chi connectivity index (χ0n) is 17.8. The lowest BCUT2D eigenvalue weighted by molar-refractivity contribution is 0.126. The molecule has 0 amide bonds. The van der Waals surface area contributed by atoms with E-state index in [1.807, 2.05) is 31.2 Å². The van der Waals surface area contributed by atoms with Gasteiger partial charge < -0.3 is 20.5 Å². The molecule has 0 aliphatic heterocycles. The van der Waals surface area contributed by atoms with Crippen LogP contribution in [0.25, 0.3) is 0 Å². The van der Waals surface area contributed by atoms with Crippen molar-refractivity contribution in [1.82, 2.24) is 19.9 Å². The number of nitrogens with zero attached hydrogens (tertiary/aromatic N) is 5. The summed E-state index contributed by atoms with van der Waals surface area (Å²) in [6, 6.07) is 10.0. The fraction of sp³-hybridized carbons (Fsp3) is 0.348. The Morgan fingerprint density at radius 2 is 1.91 bits per heavy atom. The van der Waals surface area contributed by atoms with E-state index in [0.717, 1.165) is 36.8 Å². The second-order valence-electron chi connectivity index (χ2n) is 7.84. The number of aliphatic hydroxyl groups excluding tert-OH is 1. The highest BCUT2D eigenvalue weighted by Crippen LogP contribution is 2.25. The van der Waals surface area contributed by atoms with Crippen LogP contribution in [0.3, 0.4) is 0 Å². The highest BCUT2D eigenvalue weighted by molar-refractivity contribution is 5.54. The van der Waals surface area contributed by atoms with Crippen molar-refractivity contribution >= 4 is 11.8 Å². The summed E-state index contributed by atoms with van der Waals surface area (Å²) in [6.45, 7) is 2.37. The summed E-state index contributed by atoms with van der Waals surface area (Å²) in [4.78, 5) is 17.1. The third kappa shape index (κ3) is 5.47. The van der Waals surface area contributed by atoms with Crippen molar-refractivity contribution in [2.24, 2.45) is 0 Å². The van der Waals surface area contributed by atoms with Gasteiger partial charge in [-0.2, -0.15) is 10.2 Å². The Morgan fingerprint density at radius 3 is 2.66 bits per heavy atom. The monoisotopic (exact) mass is 431 g/mol. The van der Waals surface area contributed by atoms with Crippen LogP contribution in [-0.2, 0) is 6.54 Å². The number of aryl methyl sites for hydroxylation is 1. The SMILES string of the molecule is Cc1ccc(Oc2ncncc2CNc2ncc(C#N)c(N[C@H]3CC[C@@H](O)CC3)n2)cc1. The van der Waals surface area contributed by atoms with Crippen LogP contribution in [0.1, 0.15) is 42.4 Å². The number of benzene rings is 1. The fourth-order valence-corrected chi connectivity index (χ4v) is 3.52. The summed E-state index contributed by atoms with van der Waals surface area (Å²) < 4.78 is 5.91. The molecule has 4 rings (SSSR count). The van der Waals surface area contributed by atoms with Crippen molar-refractivity contribution in [1.29, 1.82) is 5.26 Å². The number of hydrogen-bond acceptors (Lipinski definition) is 9. The van der Waals surface area contributed by atoms with Gasteiger partial charge in [-0.25, -0.2) is 15.0 Å². The summed E-state index contributed by atoms with van der Waals surface area (Å²) in [6.07, 6.45) is 7.53. The maximum absolute atomic E-state index is 9.71. The number of nitrogens with one attached hydrogen (secondary N) is 2. The lowest BCUT2D eigenvalue weighted by Gasteiger charge is -2.26. The fourth-order valence-electron chi connectivity index (χ4n) is 3.52. The minimum Gasteiger partial charge on any atom is -0.439 e. The Bertz CT molecular complexity index is 1090. The Hall–Kier alpha value is -3.77. The van der Waals surface area contributed by atoms with Gasteiger partial charge in [0, 0.05) is 18.8 Å². The number of rotatable bonds is 7. The Labute approximate surface area is 186 Å². The van der Waals surface area contributed by atoms with E-state index in [1.54, 1.807) is 6.20 Å². The van der Waals surface area contributed by atoms with Gasteiger partial charge in [-0.3, -0.25) is 0 Å². The van der Waals surface area contributed by atoms with Crippen molar-refractivity contribution in [3.05, 3.63) is 59.7 Å². The third-order valence-corrected chi connectivity index (χ3v) is 5.37. The average Bonchev–Trinajstić information content (AvgIpc) is 2.81. The Morgan fingerprint density at radius 1 is 1.12 bits per heavy atom. The largest absolute Gasteiger partial charge is 0.439 e. The second-order valence-corrected chi connectivity index (χ2v) is 7.84. The molecule has 3 aromatic rings. The van der Waals surface area contributed by atoms with Crippen LogP contribution in [-0.4, -0.2) is 37.2 Å². The number of aliphatic hydroxyl groups is 1. The van der Waals surface area contributed by atoms with Crippen molar-refractivity contribution in [2.45, 2.75) is 51.3 Å². The zero-order chi connectivity index (χ0) is 22.3. The van der Waals surface area contributed by atoms with Crippen LogP contribution >= 0.6 is 0 Å². The first-order chi connectivity index (χ1) is 15.6. The minimum atomic E-state index is -0.240. The number of hydrogen-bond donors (Lipinski definition) is 3. The predicted octanol–water partition coefficient (Wildman–Crippen LogP) is 3.57. The lowest BCUT2D eigenvalue weighted by Crippen LogP contribution is -2.29. The second kappa shape index (κ2) is 10.0. The van der Waals surface area contributed by atoms with Gasteiger partial charge in [-0.1, -0.05) is 17.7 Å². The summed E-state index contributed by atoms with van der Waals surface area (Å²) in [5, 5.41) is 25.6. The predicted molar refractivity (Wildman–Crippen MR) is 119 cm³/mol. The molecule has 2 heterocycles. The van der Waals surface area contributed by atoms with Gasteiger partial charge in [0.2, 0.25) is 11.8 Å². The molecular formula is C23H25N7O2. The van der Waals surface area contributed by atoms with E-state index in [2.05, 4.69) is 36.6 Å². The topological polar surface area (TPSA) is 129 Å². The molecule has 2 aromatic heterocycles. The van der Waals surface area contributed by atoms with Gasteiger partial charge >= 0.3 is 0 Å². The maximum Gasteiger partial charge on any atom is 0.227 e. The molecule has 1 aromatic carbocycles. The average molecular weight is 432 g/mol. The molecule has 0 unspecified atom stereocenters. The summed E-state index contributed by atoms with van der Waals surface area (Å²) >= 11 is 0. The molecule has 0 spiro atoms. The standard InChI is InChI=1S/C23H25N7O2/c1-15-2-8-20(9-3-15)32-22-17(11-25-14-28-22)13-27-23-26-12-16(10-24)21(30-23)29-18-4-6-19(31)7-5-18/h2-3,8-9,11-12,14,18-19,31H,4-7,13H2,1H3,(H2,26,27,29,30)/t18-,19+. The van der Waals surface area contributed by atoms with Crippen LogP contribution in [0.2, 0.25) is 0 Å². The normalized spacial score (nSPS) is 17.9. The van der Waals surface area contributed by atoms with Gasteiger partial charge in [-0.05, 0) is 44.7 Å². The van der Waals surface area contributed by atoms with Crippen molar-refractivity contribution < 1.29 is 9.84 Å². The van der Waals surface area contributed by atoms with Gasteiger partial charge in [0.1, 0.15) is 29.5 Å². The molecule has 1 aliphatic rings. The molecule has 0 radical (unpaired) electrons. The van der Waals surface area contributed by atoms with E-state index >= 15 is 0 Å². The van der Waals surface area contributed by atoms with Crippen LogP contribution < -0.4 is 15.4 Å². The van der Waals surface area contributed by atoms with E-state index in [0.29, 0.717) is 35.5 Å². The molecule has 32 heavy (non-hydrogen) atoms. The first-order valence-corrected chi connectivity index (χ1v) is 10.6. The third-order valence-electron chi connectivity index (χ3n) is 5.37. The lowest BCUT2D eigenvalue weighted by atomic mass is 9.93. The molecule has 164 valence electrons. The molecule has 1 aliphatic carbocycles. The molecule has 0 saturated heterocycles. The first-order valence-electron chi connectivity index (χ1n) is 10.6. The molecule has 3 N–H and O–H groups in total. The van der Waals surface area contributed by atoms with Crippen LogP contribution in [0, 0.1) is 18.3 Å². The number of anilines is 2. The van der Waals surface area contributed by atoms with Crippen LogP contribution in [0.15, 0.2) is 43.0 Å². The number of ether oxygens (including phenoxy) is 1. The van der Waals surface area contributed by atoms with E-state index in [1.165, 1.54) is 12.5 Å². The number of nitriles is 1. The highest BCUT2D eigenvalue weighted by Gasteiger charge is 2.21. The van der Waals surface area contributed by atoms with Crippen molar-refractivity contribution in [2.75, 3.05) is 10.6 Å². The van der Waals surface area contributed by atoms with E-state index in [9.17, 15) is 10.4 Å². The summed E-state index contributed by atoms with van der Waals surface area (Å²) in [5.74, 6) is 2.01. The van der Waals surface area contributed by atoms with Crippen LogP contribution in [0.4, 0.5) is 11.8 Å². The van der Waals surface area contributed by atoms with E-state index in [-0.39, 0.29) is 12.1 Å². The molecule has 0 atom stereocenters. The van der Waals surface area contributed by atoms with E-state index in [4.69, 9.17) is 4.74 Å². The molecular weight excluding hydrogens is 406 g/mol. The maximum atomic E-state index is 9.71. The molecule has 9 nitrogen and oxygen atoms in total. The first kappa shape index (κ1) is 21.5. The number of aromatic nitrogens is 4. The minimum absolute atomic E-state index is 0.172. The summed E-state index contributed by atoms with van der Waals surface area (Å²) in [5.41, 5.74) is 2.28. The molecule has 1 fully saturated rings. The van der Waals surface area contributed by atoms with Gasteiger partial charge in [0.15, 0.2) is 0 Å². The van der Waals surface area contributed by atoms with Crippen molar-refractivity contribution in [3.63, 3.8) is 0 Å². The van der Waals surface area contributed by atoms with Crippen molar-refractivity contribution in [3.8, 4) is 17.7 Å². The van der Waals surface area contributed by atoms with Gasteiger partial charge in [-0.15, -0.1) is 0 Å². The molecule has 0 bridgehead atoms.